The molecular formula is C27H32N2O5. The zero-order valence-electron chi connectivity index (χ0n) is 19.9. The number of fused-ring (bicyclic) bond motifs is 3. The van der Waals surface area contributed by atoms with Crippen LogP contribution in [0.5, 0.6) is 0 Å². The van der Waals surface area contributed by atoms with Crippen LogP contribution in [-0.4, -0.2) is 52.7 Å². The molecule has 0 unspecified atom stereocenters. The minimum Gasteiger partial charge on any atom is -0.480 e. The maximum absolute atomic E-state index is 13.2. The molecule has 2 aliphatic rings. The first-order valence-electron chi connectivity index (χ1n) is 11.8. The van der Waals surface area contributed by atoms with E-state index in [9.17, 15) is 19.5 Å². The molecule has 2 atom stereocenters. The average molecular weight is 465 g/mol. The van der Waals surface area contributed by atoms with Gasteiger partial charge in [-0.25, -0.2) is 4.79 Å². The number of carboxylic acids is 1. The molecule has 1 fully saturated rings. The van der Waals surface area contributed by atoms with Crippen molar-refractivity contribution in [2.75, 3.05) is 13.2 Å². The molecule has 2 aromatic carbocycles. The Labute approximate surface area is 200 Å². The number of benzene rings is 2. The van der Waals surface area contributed by atoms with Gasteiger partial charge in [0.15, 0.2) is 0 Å². The van der Waals surface area contributed by atoms with E-state index in [1.807, 2.05) is 45.0 Å². The van der Waals surface area contributed by atoms with Gasteiger partial charge in [-0.05, 0) is 55.9 Å². The Morgan fingerprint density at radius 3 is 2.15 bits per heavy atom. The zero-order chi connectivity index (χ0) is 24.5. The molecular weight excluding hydrogens is 432 g/mol. The molecule has 0 saturated heterocycles. The molecule has 0 radical (unpaired) electrons. The Hall–Kier alpha value is -3.35. The second-order valence-electron chi connectivity index (χ2n) is 10.1. The van der Waals surface area contributed by atoms with Crippen LogP contribution in [0.2, 0.25) is 0 Å². The molecule has 34 heavy (non-hydrogen) atoms. The summed E-state index contributed by atoms with van der Waals surface area (Å²) in [6.07, 6.45) is 1.51. The highest BCUT2D eigenvalue weighted by atomic mass is 16.5. The number of nitrogens with zero attached hydrogens (tertiary/aromatic N) is 1. The lowest BCUT2D eigenvalue weighted by atomic mass is 9.97. The Morgan fingerprint density at radius 1 is 1.00 bits per heavy atom. The fourth-order valence-electron chi connectivity index (χ4n) is 5.20. The highest BCUT2D eigenvalue weighted by molar-refractivity contribution is 5.85. The number of ether oxygens (including phenoxy) is 1. The van der Waals surface area contributed by atoms with Crippen LogP contribution in [0.25, 0.3) is 11.1 Å². The second-order valence-corrected chi connectivity index (χ2v) is 10.1. The SMILES string of the molecule is CC(C)(C)N(CC(=O)O)C(=O)[C@H]1CCC[C@H]1NC(=O)OCC1c2ccccc2-c2ccccc21. The van der Waals surface area contributed by atoms with Crippen molar-refractivity contribution in [3.05, 3.63) is 59.7 Å². The van der Waals surface area contributed by atoms with Crippen LogP contribution in [0.15, 0.2) is 48.5 Å². The number of amides is 2. The van der Waals surface area contributed by atoms with E-state index in [-0.39, 0.29) is 31.0 Å². The standard InChI is InChI=1S/C27H32N2O5/c1-27(2,3)29(15-24(30)31)25(32)21-13-8-14-23(21)28-26(33)34-16-22-19-11-6-4-9-17(19)18-10-5-7-12-20(18)22/h4-7,9-12,21-23H,8,13-16H2,1-3H3,(H,28,33)(H,30,31)/t21-,23+/m0/s1. The molecule has 2 aliphatic carbocycles. The third kappa shape index (κ3) is 4.79. The molecule has 7 nitrogen and oxygen atoms in total. The van der Waals surface area contributed by atoms with E-state index in [0.29, 0.717) is 12.8 Å². The van der Waals surface area contributed by atoms with Gasteiger partial charge in [-0.15, -0.1) is 0 Å². The third-order valence-corrected chi connectivity index (χ3v) is 6.85. The third-order valence-electron chi connectivity index (χ3n) is 6.85. The fourth-order valence-corrected chi connectivity index (χ4v) is 5.20. The van der Waals surface area contributed by atoms with Crippen LogP contribution in [-0.2, 0) is 14.3 Å². The van der Waals surface area contributed by atoms with Crippen molar-refractivity contribution >= 4 is 18.0 Å². The maximum atomic E-state index is 13.2. The molecule has 1 saturated carbocycles. The number of nitrogens with one attached hydrogen (secondary N) is 1. The van der Waals surface area contributed by atoms with Crippen molar-refractivity contribution in [3.8, 4) is 11.1 Å². The number of hydrogen-bond acceptors (Lipinski definition) is 4. The fraction of sp³-hybridized carbons (Fsp3) is 0.444. The summed E-state index contributed by atoms with van der Waals surface area (Å²) in [7, 11) is 0. The van der Waals surface area contributed by atoms with E-state index in [1.165, 1.54) is 4.90 Å². The monoisotopic (exact) mass is 464 g/mol. The average Bonchev–Trinajstić information content (AvgIpc) is 3.37. The number of carbonyl (C=O) groups excluding carboxylic acids is 2. The lowest BCUT2D eigenvalue weighted by molar-refractivity contribution is -0.150. The Bertz CT molecular complexity index is 1040. The lowest BCUT2D eigenvalue weighted by Gasteiger charge is -2.37. The van der Waals surface area contributed by atoms with E-state index in [0.717, 1.165) is 28.7 Å². The molecule has 0 bridgehead atoms. The van der Waals surface area contributed by atoms with Crippen LogP contribution < -0.4 is 5.32 Å². The minimum atomic E-state index is -1.05. The lowest BCUT2D eigenvalue weighted by Crippen LogP contribution is -2.53. The van der Waals surface area contributed by atoms with E-state index in [2.05, 4.69) is 29.6 Å². The topological polar surface area (TPSA) is 95.9 Å². The Balaban J connectivity index is 1.41. The highest BCUT2D eigenvalue weighted by Gasteiger charge is 2.40. The quantitative estimate of drug-likeness (QED) is 0.660. The van der Waals surface area contributed by atoms with Crippen molar-refractivity contribution in [2.24, 2.45) is 5.92 Å². The number of carbonyl (C=O) groups is 3. The largest absolute Gasteiger partial charge is 0.480 e. The molecule has 180 valence electrons. The first-order chi connectivity index (χ1) is 16.2. The molecule has 2 aromatic rings. The van der Waals surface area contributed by atoms with Gasteiger partial charge in [0.05, 0.1) is 5.92 Å². The summed E-state index contributed by atoms with van der Waals surface area (Å²) in [5.74, 6) is -1.79. The van der Waals surface area contributed by atoms with Crippen molar-refractivity contribution in [1.82, 2.24) is 10.2 Å². The van der Waals surface area contributed by atoms with E-state index < -0.39 is 23.5 Å². The first-order valence-corrected chi connectivity index (χ1v) is 11.8. The summed E-state index contributed by atoms with van der Waals surface area (Å²) < 4.78 is 5.65. The van der Waals surface area contributed by atoms with Crippen molar-refractivity contribution < 1.29 is 24.2 Å². The smallest absolute Gasteiger partial charge is 0.407 e. The zero-order valence-corrected chi connectivity index (χ0v) is 19.9. The summed E-state index contributed by atoms with van der Waals surface area (Å²) in [5.41, 5.74) is 3.97. The first kappa shape index (κ1) is 23.8. The summed E-state index contributed by atoms with van der Waals surface area (Å²) >= 11 is 0. The summed E-state index contributed by atoms with van der Waals surface area (Å²) in [6, 6.07) is 15.9. The predicted molar refractivity (Wildman–Crippen MR) is 128 cm³/mol. The van der Waals surface area contributed by atoms with Gasteiger partial charge < -0.3 is 20.1 Å². The Morgan fingerprint density at radius 2 is 1.59 bits per heavy atom. The predicted octanol–water partition coefficient (Wildman–Crippen LogP) is 4.41. The molecule has 0 aromatic heterocycles. The molecule has 0 spiro atoms. The van der Waals surface area contributed by atoms with Crippen LogP contribution >= 0.6 is 0 Å². The number of carboxylic acid groups (broad SMARTS) is 1. The van der Waals surface area contributed by atoms with Crippen LogP contribution in [0.4, 0.5) is 4.79 Å². The second kappa shape index (κ2) is 9.49. The van der Waals surface area contributed by atoms with Crippen molar-refractivity contribution in [2.45, 2.75) is 57.5 Å². The highest BCUT2D eigenvalue weighted by Crippen LogP contribution is 2.44. The molecule has 2 amide bonds. The van der Waals surface area contributed by atoms with Crippen molar-refractivity contribution in [3.63, 3.8) is 0 Å². The van der Waals surface area contributed by atoms with Gasteiger partial charge in [0.2, 0.25) is 5.91 Å². The molecule has 0 aliphatic heterocycles. The van der Waals surface area contributed by atoms with E-state index in [4.69, 9.17) is 4.74 Å². The summed E-state index contributed by atoms with van der Waals surface area (Å²) in [6.45, 7) is 5.29. The van der Waals surface area contributed by atoms with Gasteiger partial charge in [0.25, 0.3) is 0 Å². The molecule has 4 rings (SSSR count). The van der Waals surface area contributed by atoms with E-state index >= 15 is 0 Å². The van der Waals surface area contributed by atoms with Crippen molar-refractivity contribution in [1.29, 1.82) is 0 Å². The van der Waals surface area contributed by atoms with Gasteiger partial charge >= 0.3 is 12.1 Å². The number of hydrogen-bond donors (Lipinski definition) is 2. The van der Waals surface area contributed by atoms with Crippen LogP contribution in [0, 0.1) is 5.92 Å². The van der Waals surface area contributed by atoms with Gasteiger partial charge in [-0.1, -0.05) is 55.0 Å². The Kier molecular flexibility index (Phi) is 6.64. The van der Waals surface area contributed by atoms with Gasteiger partial charge in [0.1, 0.15) is 13.2 Å². The van der Waals surface area contributed by atoms with E-state index in [1.54, 1.807) is 0 Å². The van der Waals surface area contributed by atoms with Crippen LogP contribution in [0.3, 0.4) is 0 Å². The molecule has 2 N–H and O–H groups in total. The normalized spacial score (nSPS) is 19.3. The van der Waals surface area contributed by atoms with Gasteiger partial charge in [0, 0.05) is 17.5 Å². The van der Waals surface area contributed by atoms with Crippen LogP contribution in [0.1, 0.15) is 57.1 Å². The summed E-state index contributed by atoms with van der Waals surface area (Å²) in [4.78, 5) is 38.7. The number of rotatable bonds is 6. The van der Waals surface area contributed by atoms with Gasteiger partial charge in [-0.3, -0.25) is 9.59 Å². The summed E-state index contributed by atoms with van der Waals surface area (Å²) in [5, 5.41) is 12.2. The molecule has 7 heteroatoms. The van der Waals surface area contributed by atoms with Gasteiger partial charge in [-0.2, -0.15) is 0 Å². The maximum Gasteiger partial charge on any atom is 0.407 e. The number of alkyl carbamates (subject to hydrolysis) is 1. The minimum absolute atomic E-state index is 0.0360. The number of aliphatic carboxylic acids is 1. The molecule has 0 heterocycles.